The summed E-state index contributed by atoms with van der Waals surface area (Å²) < 4.78 is 10.9. The number of carbonyl (C=O) groups excluding carboxylic acids is 2. The van der Waals surface area contributed by atoms with Crippen LogP contribution in [0.3, 0.4) is 0 Å². The fraction of sp³-hybridized carbons (Fsp3) is 0.500. The van der Waals surface area contributed by atoms with Gasteiger partial charge in [-0.3, -0.25) is 0 Å². The van der Waals surface area contributed by atoms with Crippen molar-refractivity contribution >= 4 is 27.9 Å². The third-order valence-electron chi connectivity index (χ3n) is 3.37. The summed E-state index contributed by atoms with van der Waals surface area (Å²) in [6.07, 6.45) is 0.611. The van der Waals surface area contributed by atoms with Gasteiger partial charge in [-0.05, 0) is 56.9 Å². The molecule has 0 saturated heterocycles. The van der Waals surface area contributed by atoms with E-state index in [0.29, 0.717) is 6.42 Å². The average Bonchev–Trinajstić information content (AvgIpc) is 2.46. The number of hydrogen-bond donors (Lipinski definition) is 1. The van der Waals surface area contributed by atoms with E-state index in [0.717, 1.165) is 15.6 Å². The Morgan fingerprint density at radius 2 is 1.73 bits per heavy atom. The smallest absolute Gasteiger partial charge is 0.337 e. The van der Waals surface area contributed by atoms with Crippen molar-refractivity contribution in [2.45, 2.75) is 39.2 Å². The highest BCUT2D eigenvalue weighted by Gasteiger charge is 2.44. The number of halogens is 1. The Bertz CT molecular complexity index is 527. The third kappa shape index (κ3) is 4.55. The van der Waals surface area contributed by atoms with Crippen molar-refractivity contribution < 1.29 is 19.1 Å². The molecule has 0 unspecified atom stereocenters. The SMILES string of the molecule is CCOC(=O)C(N)(CCc1ccc(Br)cc1C)C(=O)OCC. The highest BCUT2D eigenvalue weighted by atomic mass is 79.9. The number of benzene rings is 1. The molecule has 122 valence electrons. The molecule has 6 heteroatoms. The van der Waals surface area contributed by atoms with Gasteiger partial charge < -0.3 is 15.2 Å². The van der Waals surface area contributed by atoms with E-state index in [4.69, 9.17) is 15.2 Å². The van der Waals surface area contributed by atoms with Crippen LogP contribution in [-0.4, -0.2) is 30.7 Å². The molecule has 0 aliphatic carbocycles. The third-order valence-corrected chi connectivity index (χ3v) is 3.87. The molecule has 0 radical (unpaired) electrons. The molecule has 1 aromatic carbocycles. The Labute approximate surface area is 139 Å². The van der Waals surface area contributed by atoms with Crippen molar-refractivity contribution in [1.29, 1.82) is 0 Å². The largest absolute Gasteiger partial charge is 0.464 e. The summed E-state index contributed by atoms with van der Waals surface area (Å²) >= 11 is 3.40. The number of carbonyl (C=O) groups is 2. The number of aryl methyl sites for hydroxylation is 2. The maximum atomic E-state index is 12.1. The van der Waals surface area contributed by atoms with E-state index in [1.54, 1.807) is 13.8 Å². The van der Waals surface area contributed by atoms with Crippen molar-refractivity contribution in [3.05, 3.63) is 33.8 Å². The van der Waals surface area contributed by atoms with Crippen molar-refractivity contribution in [3.63, 3.8) is 0 Å². The minimum absolute atomic E-state index is 0.132. The predicted octanol–water partition coefficient (Wildman–Crippen LogP) is 2.51. The van der Waals surface area contributed by atoms with Gasteiger partial charge in [-0.1, -0.05) is 22.0 Å². The summed E-state index contributed by atoms with van der Waals surface area (Å²) in [7, 11) is 0. The van der Waals surface area contributed by atoms with Crippen LogP contribution in [0, 0.1) is 6.92 Å². The van der Waals surface area contributed by atoms with Gasteiger partial charge in [0.25, 0.3) is 0 Å². The Hall–Kier alpha value is -1.40. The second kappa shape index (κ2) is 8.29. The van der Waals surface area contributed by atoms with Gasteiger partial charge in [-0.2, -0.15) is 0 Å². The van der Waals surface area contributed by atoms with Gasteiger partial charge in [0, 0.05) is 4.47 Å². The van der Waals surface area contributed by atoms with Gasteiger partial charge in [0.05, 0.1) is 13.2 Å². The quantitative estimate of drug-likeness (QED) is 0.588. The number of nitrogens with two attached hydrogens (primary N) is 1. The zero-order chi connectivity index (χ0) is 16.8. The Kier molecular flexibility index (Phi) is 7.03. The Balaban J connectivity index is 2.93. The summed E-state index contributed by atoms with van der Waals surface area (Å²) in [5.41, 5.74) is 6.33. The summed E-state index contributed by atoms with van der Waals surface area (Å²) in [5.74, 6) is -1.49. The molecule has 0 aliphatic rings. The minimum Gasteiger partial charge on any atom is -0.464 e. The highest BCUT2D eigenvalue weighted by molar-refractivity contribution is 9.10. The first kappa shape index (κ1) is 18.6. The second-order valence-electron chi connectivity index (χ2n) is 4.98. The minimum atomic E-state index is -1.77. The van der Waals surface area contributed by atoms with Crippen LogP contribution in [0.15, 0.2) is 22.7 Å². The molecule has 1 rings (SSSR count). The monoisotopic (exact) mass is 371 g/mol. The van der Waals surface area contributed by atoms with Gasteiger partial charge in [0.2, 0.25) is 5.54 Å². The van der Waals surface area contributed by atoms with Crippen LogP contribution in [0.25, 0.3) is 0 Å². The molecule has 0 bridgehead atoms. The molecule has 0 fully saturated rings. The van der Waals surface area contributed by atoms with Crippen LogP contribution < -0.4 is 5.73 Å². The zero-order valence-electron chi connectivity index (χ0n) is 13.1. The van der Waals surface area contributed by atoms with E-state index < -0.39 is 17.5 Å². The topological polar surface area (TPSA) is 78.6 Å². The summed E-state index contributed by atoms with van der Waals surface area (Å²) in [6.45, 7) is 5.63. The molecule has 0 amide bonds. The molecule has 22 heavy (non-hydrogen) atoms. The Morgan fingerprint density at radius 1 is 1.18 bits per heavy atom. The van der Waals surface area contributed by atoms with Crippen LogP contribution in [0.2, 0.25) is 0 Å². The summed E-state index contributed by atoms with van der Waals surface area (Å²) in [5, 5.41) is 0. The fourth-order valence-electron chi connectivity index (χ4n) is 2.08. The molecule has 0 aromatic heterocycles. The molecule has 5 nitrogen and oxygen atoms in total. The van der Waals surface area contributed by atoms with Gasteiger partial charge in [-0.25, -0.2) is 9.59 Å². The first-order valence-corrected chi connectivity index (χ1v) is 8.02. The number of rotatable bonds is 7. The predicted molar refractivity (Wildman–Crippen MR) is 87.4 cm³/mol. The molecule has 1 aromatic rings. The van der Waals surface area contributed by atoms with Gasteiger partial charge in [-0.15, -0.1) is 0 Å². The first-order chi connectivity index (χ1) is 10.3. The van der Waals surface area contributed by atoms with Gasteiger partial charge in [0.15, 0.2) is 0 Å². The lowest BCUT2D eigenvalue weighted by Crippen LogP contribution is -2.57. The van der Waals surface area contributed by atoms with Crippen LogP contribution in [0.1, 0.15) is 31.4 Å². The number of hydrogen-bond acceptors (Lipinski definition) is 5. The number of ether oxygens (including phenoxy) is 2. The Morgan fingerprint density at radius 3 is 2.18 bits per heavy atom. The van der Waals surface area contributed by atoms with Crippen molar-refractivity contribution in [1.82, 2.24) is 0 Å². The van der Waals surface area contributed by atoms with Gasteiger partial charge >= 0.3 is 11.9 Å². The first-order valence-electron chi connectivity index (χ1n) is 7.23. The molecule has 0 aliphatic heterocycles. The van der Waals surface area contributed by atoms with E-state index in [1.807, 2.05) is 25.1 Å². The van der Waals surface area contributed by atoms with Crippen LogP contribution >= 0.6 is 15.9 Å². The lowest BCUT2D eigenvalue weighted by atomic mass is 9.91. The fourth-order valence-corrected chi connectivity index (χ4v) is 2.55. The zero-order valence-corrected chi connectivity index (χ0v) is 14.7. The van der Waals surface area contributed by atoms with E-state index >= 15 is 0 Å². The van der Waals surface area contributed by atoms with Crippen molar-refractivity contribution in [2.24, 2.45) is 5.73 Å². The summed E-state index contributed by atoms with van der Waals surface area (Å²) in [4.78, 5) is 24.2. The normalized spacial score (nSPS) is 11.1. The van der Waals surface area contributed by atoms with Gasteiger partial charge in [0.1, 0.15) is 0 Å². The molecule has 0 atom stereocenters. The van der Waals surface area contributed by atoms with E-state index in [9.17, 15) is 9.59 Å². The standard InChI is InChI=1S/C16H22BrNO4/c1-4-21-14(19)16(18,15(20)22-5-2)9-8-12-6-7-13(17)10-11(12)3/h6-7,10H,4-5,8-9,18H2,1-3H3. The maximum Gasteiger partial charge on any atom is 0.337 e. The van der Waals surface area contributed by atoms with Crippen molar-refractivity contribution in [3.8, 4) is 0 Å². The number of esters is 2. The van der Waals surface area contributed by atoms with E-state index in [-0.39, 0.29) is 19.6 Å². The lowest BCUT2D eigenvalue weighted by molar-refractivity contribution is -0.164. The maximum absolute atomic E-state index is 12.1. The summed E-state index contributed by atoms with van der Waals surface area (Å²) in [6, 6.07) is 5.83. The second-order valence-corrected chi connectivity index (χ2v) is 5.90. The molecule has 0 heterocycles. The average molecular weight is 372 g/mol. The highest BCUT2D eigenvalue weighted by Crippen LogP contribution is 2.21. The lowest BCUT2D eigenvalue weighted by Gasteiger charge is -2.25. The molecular weight excluding hydrogens is 350 g/mol. The molecule has 0 spiro atoms. The van der Waals surface area contributed by atoms with E-state index in [1.165, 1.54) is 0 Å². The van der Waals surface area contributed by atoms with Crippen LogP contribution in [-0.2, 0) is 25.5 Å². The van der Waals surface area contributed by atoms with Crippen molar-refractivity contribution in [2.75, 3.05) is 13.2 Å². The molecular formula is C16H22BrNO4. The molecule has 0 saturated carbocycles. The molecule has 2 N–H and O–H groups in total. The van der Waals surface area contributed by atoms with Crippen LogP contribution in [0.5, 0.6) is 0 Å². The van der Waals surface area contributed by atoms with Crippen LogP contribution in [0.4, 0.5) is 0 Å². The van der Waals surface area contributed by atoms with E-state index in [2.05, 4.69) is 15.9 Å².